The summed E-state index contributed by atoms with van der Waals surface area (Å²) in [6.45, 7) is 6.11. The topological polar surface area (TPSA) is 84.0 Å². The van der Waals surface area contributed by atoms with Gasteiger partial charge in [0, 0.05) is 25.8 Å². The number of anilines is 1. The van der Waals surface area contributed by atoms with Gasteiger partial charge in [-0.05, 0) is 57.4 Å². The highest BCUT2D eigenvalue weighted by atomic mass is 32.2. The zero-order valence-corrected chi connectivity index (χ0v) is 17.0. The van der Waals surface area contributed by atoms with E-state index >= 15 is 0 Å². The van der Waals surface area contributed by atoms with E-state index < -0.39 is 21.4 Å². The van der Waals surface area contributed by atoms with Gasteiger partial charge in [-0.3, -0.25) is 9.59 Å². The monoisotopic (exact) mass is 394 g/mol. The fourth-order valence-electron chi connectivity index (χ4n) is 3.87. The van der Waals surface area contributed by atoms with Crippen LogP contribution in [0.15, 0.2) is 23.1 Å². The molecule has 1 aromatic carbocycles. The van der Waals surface area contributed by atoms with Crippen molar-refractivity contribution in [1.29, 1.82) is 0 Å². The van der Waals surface area contributed by atoms with Gasteiger partial charge in [0.05, 0.1) is 22.8 Å². The summed E-state index contributed by atoms with van der Waals surface area (Å²) in [6, 6.07) is 4.81. The van der Waals surface area contributed by atoms with Crippen LogP contribution >= 0.6 is 0 Å². The molecule has 0 radical (unpaired) electrons. The van der Waals surface area contributed by atoms with Crippen LogP contribution in [0.5, 0.6) is 0 Å². The van der Waals surface area contributed by atoms with Gasteiger partial charge in [-0.2, -0.15) is 4.31 Å². The Morgan fingerprint density at radius 3 is 2.70 bits per heavy atom. The van der Waals surface area contributed by atoms with Gasteiger partial charge in [0.15, 0.2) is 0 Å². The summed E-state index contributed by atoms with van der Waals surface area (Å²) < 4.78 is 32.7. The van der Waals surface area contributed by atoms with Crippen molar-refractivity contribution in [3.63, 3.8) is 0 Å². The predicted molar refractivity (Wildman–Crippen MR) is 101 cm³/mol. The van der Waals surface area contributed by atoms with Crippen LogP contribution in [0.25, 0.3) is 0 Å². The average molecular weight is 394 g/mol. The number of likely N-dealkylation sites (N-methyl/N-ethyl adjacent to an activating group) is 1. The Kier molecular flexibility index (Phi) is 5.07. The summed E-state index contributed by atoms with van der Waals surface area (Å²) in [7, 11) is -2.06. The maximum absolute atomic E-state index is 13.2. The molecule has 3 rings (SSSR count). The van der Waals surface area contributed by atoms with E-state index in [-0.39, 0.29) is 29.9 Å². The van der Waals surface area contributed by atoms with Crippen LogP contribution in [0.3, 0.4) is 0 Å². The number of ether oxygens (including phenoxy) is 1. The van der Waals surface area contributed by atoms with Crippen molar-refractivity contribution >= 4 is 27.6 Å². The molecule has 0 saturated carbocycles. The highest BCUT2D eigenvalue weighted by Crippen LogP contribution is 2.42. The van der Waals surface area contributed by atoms with Gasteiger partial charge in [0.25, 0.3) is 0 Å². The fraction of sp³-hybridized carbons (Fsp3) is 0.579. The van der Waals surface area contributed by atoms with Gasteiger partial charge in [-0.1, -0.05) is 0 Å². The minimum absolute atomic E-state index is 0.0626. The number of sulfonamides is 1. The van der Waals surface area contributed by atoms with Crippen molar-refractivity contribution in [2.24, 2.45) is 5.92 Å². The van der Waals surface area contributed by atoms with Crippen molar-refractivity contribution in [3.05, 3.63) is 23.8 Å². The van der Waals surface area contributed by atoms with E-state index in [2.05, 4.69) is 0 Å². The zero-order chi connectivity index (χ0) is 20.0. The van der Waals surface area contributed by atoms with E-state index in [4.69, 9.17) is 4.74 Å². The summed E-state index contributed by atoms with van der Waals surface area (Å²) in [6.07, 6.45) is 1.24. The number of carbonyl (C=O) groups excluding carboxylic acids is 2. The lowest BCUT2D eigenvalue weighted by Gasteiger charge is -2.31. The molecule has 148 valence electrons. The van der Waals surface area contributed by atoms with Crippen LogP contribution < -0.4 is 4.90 Å². The maximum Gasteiger partial charge on any atom is 0.310 e. The van der Waals surface area contributed by atoms with Crippen LogP contribution in [0.2, 0.25) is 0 Å². The molecule has 2 aliphatic heterocycles. The first-order valence-electron chi connectivity index (χ1n) is 9.20. The molecule has 0 aliphatic carbocycles. The third-order valence-electron chi connectivity index (χ3n) is 5.48. The van der Waals surface area contributed by atoms with Crippen molar-refractivity contribution < 1.29 is 22.7 Å². The highest BCUT2D eigenvalue weighted by molar-refractivity contribution is 7.89. The third kappa shape index (κ3) is 3.25. The quantitative estimate of drug-likeness (QED) is 0.729. The Balaban J connectivity index is 1.91. The summed E-state index contributed by atoms with van der Waals surface area (Å²) in [4.78, 5) is 26.2. The number of hydrogen-bond donors (Lipinski definition) is 0. The van der Waals surface area contributed by atoms with Crippen molar-refractivity contribution in [2.75, 3.05) is 31.6 Å². The van der Waals surface area contributed by atoms with E-state index in [1.807, 2.05) is 0 Å². The minimum Gasteiger partial charge on any atom is -0.466 e. The number of amides is 1. The number of rotatable bonds is 4. The Morgan fingerprint density at radius 2 is 2.04 bits per heavy atom. The molecule has 1 amide bonds. The Morgan fingerprint density at radius 1 is 1.33 bits per heavy atom. The molecule has 1 aromatic rings. The molecule has 0 bridgehead atoms. The van der Waals surface area contributed by atoms with E-state index in [0.29, 0.717) is 24.9 Å². The normalized spacial score (nSPS) is 22.6. The van der Waals surface area contributed by atoms with E-state index in [9.17, 15) is 18.0 Å². The molecule has 1 saturated heterocycles. The zero-order valence-electron chi connectivity index (χ0n) is 16.2. The first-order chi connectivity index (χ1) is 12.6. The number of hydrogen-bond acceptors (Lipinski definition) is 5. The standard InChI is InChI=1S/C19H26N2O5S/c1-5-26-17(22)13-7-6-10-21(12-13)27(24,25)14-8-9-16-15(11-14)19(2,3)18(23)20(16)4/h8-9,11,13H,5-7,10,12H2,1-4H3/t13-/m0/s1. The van der Waals surface area contributed by atoms with Crippen LogP contribution in [0.4, 0.5) is 5.69 Å². The molecule has 1 atom stereocenters. The van der Waals surface area contributed by atoms with Gasteiger partial charge in [0.1, 0.15) is 0 Å². The lowest BCUT2D eigenvalue weighted by molar-refractivity contribution is -0.149. The molecule has 0 spiro atoms. The van der Waals surface area contributed by atoms with Gasteiger partial charge < -0.3 is 9.64 Å². The Hall–Kier alpha value is -1.93. The molecule has 2 heterocycles. The first-order valence-corrected chi connectivity index (χ1v) is 10.6. The Bertz CT molecular complexity index is 878. The van der Waals surface area contributed by atoms with E-state index in [0.717, 1.165) is 5.69 Å². The molecule has 7 nitrogen and oxygen atoms in total. The minimum atomic E-state index is -3.75. The summed E-state index contributed by atoms with van der Waals surface area (Å²) >= 11 is 0. The lowest BCUT2D eigenvalue weighted by atomic mass is 9.86. The smallest absolute Gasteiger partial charge is 0.310 e. The maximum atomic E-state index is 13.2. The van der Waals surface area contributed by atoms with Crippen molar-refractivity contribution in [3.8, 4) is 0 Å². The van der Waals surface area contributed by atoms with Gasteiger partial charge in [0.2, 0.25) is 15.9 Å². The molecule has 0 unspecified atom stereocenters. The summed E-state index contributed by atoms with van der Waals surface area (Å²) in [5.74, 6) is -0.848. The average Bonchev–Trinajstić information content (AvgIpc) is 2.82. The van der Waals surface area contributed by atoms with Gasteiger partial charge in [-0.15, -0.1) is 0 Å². The lowest BCUT2D eigenvalue weighted by Crippen LogP contribution is -2.42. The van der Waals surface area contributed by atoms with Crippen LogP contribution in [-0.2, 0) is 29.8 Å². The predicted octanol–water partition coefficient (Wildman–Crippen LogP) is 1.90. The SMILES string of the molecule is CCOC(=O)[C@H]1CCCN(S(=O)(=O)c2ccc3c(c2)C(C)(C)C(=O)N3C)C1. The second kappa shape index (κ2) is 6.91. The van der Waals surface area contributed by atoms with Gasteiger partial charge >= 0.3 is 5.97 Å². The second-order valence-electron chi connectivity index (χ2n) is 7.62. The number of carbonyl (C=O) groups is 2. The molecular formula is C19H26N2O5S. The van der Waals surface area contributed by atoms with E-state index in [1.165, 1.54) is 10.4 Å². The van der Waals surface area contributed by atoms with Crippen LogP contribution in [-0.4, -0.2) is 51.3 Å². The van der Waals surface area contributed by atoms with Crippen LogP contribution in [0, 0.1) is 5.92 Å². The molecule has 0 aromatic heterocycles. The second-order valence-corrected chi connectivity index (χ2v) is 9.56. The molecule has 0 N–H and O–H groups in total. The molecule has 1 fully saturated rings. The number of benzene rings is 1. The number of nitrogens with zero attached hydrogens (tertiary/aromatic N) is 2. The Labute approximate surface area is 160 Å². The van der Waals surface area contributed by atoms with Crippen LogP contribution in [0.1, 0.15) is 39.2 Å². The molecule has 2 aliphatic rings. The molecule has 8 heteroatoms. The number of fused-ring (bicyclic) bond motifs is 1. The van der Waals surface area contributed by atoms with Crippen molar-refractivity contribution in [1.82, 2.24) is 4.31 Å². The summed E-state index contributed by atoms with van der Waals surface area (Å²) in [5.41, 5.74) is 0.660. The fourth-order valence-corrected chi connectivity index (χ4v) is 5.43. The molecule has 27 heavy (non-hydrogen) atoms. The van der Waals surface area contributed by atoms with Gasteiger partial charge in [-0.25, -0.2) is 8.42 Å². The van der Waals surface area contributed by atoms with Crippen molar-refractivity contribution in [2.45, 2.75) is 43.9 Å². The highest BCUT2D eigenvalue weighted by Gasteiger charge is 2.43. The largest absolute Gasteiger partial charge is 0.466 e. The number of esters is 1. The van der Waals surface area contributed by atoms with E-state index in [1.54, 1.807) is 44.9 Å². The number of piperidine rings is 1. The third-order valence-corrected chi connectivity index (χ3v) is 7.34. The molecular weight excluding hydrogens is 368 g/mol. The first kappa shape index (κ1) is 19.8. The summed E-state index contributed by atoms with van der Waals surface area (Å²) in [5, 5.41) is 0.